The van der Waals surface area contributed by atoms with Gasteiger partial charge in [0.1, 0.15) is 0 Å². The topological polar surface area (TPSA) is 156 Å². The van der Waals surface area contributed by atoms with Crippen molar-refractivity contribution in [3.05, 3.63) is 0 Å². The summed E-state index contributed by atoms with van der Waals surface area (Å²) in [5, 5.41) is 38.2. The molecule has 5 saturated heterocycles. The molecular formula is C32H57FeN9O2SV. The van der Waals surface area contributed by atoms with E-state index in [1.54, 1.807) is 0 Å². The van der Waals surface area contributed by atoms with Crippen LogP contribution in [0, 0.1) is 47.3 Å². The van der Waals surface area contributed by atoms with Crippen molar-refractivity contribution in [2.75, 3.05) is 0 Å². The molecule has 9 aliphatic rings. The second-order valence-corrected chi connectivity index (χ2v) is 18.1. The molecule has 11 nitrogen and oxygen atoms in total. The smallest absolute Gasteiger partial charge is 0.212 e. The summed E-state index contributed by atoms with van der Waals surface area (Å²) in [6.07, 6.45) is 19.6. The first-order valence-electron chi connectivity index (χ1n) is 18.5. The fourth-order valence-corrected chi connectivity index (χ4v) is 13.7. The van der Waals surface area contributed by atoms with Crippen LogP contribution in [-0.2, 0) is 45.6 Å². The molecule has 0 aromatic heterocycles. The third-order valence-corrected chi connectivity index (χ3v) is 15.6. The van der Waals surface area contributed by atoms with Crippen LogP contribution in [0.25, 0.3) is 0 Å². The number of primary sulfonamides is 1. The summed E-state index contributed by atoms with van der Waals surface area (Å²) in [6, 6.07) is 0. The summed E-state index contributed by atoms with van der Waals surface area (Å²) in [6.45, 7) is 0. The van der Waals surface area contributed by atoms with Crippen LogP contribution in [0.1, 0.15) is 96.3 Å². The Hall–Kier alpha value is 0.694. The molecule has 4 aliphatic carbocycles. The zero-order valence-corrected chi connectivity index (χ0v) is 30.3. The number of nitrogens with one attached hydrogen (secondary N) is 8. The Balaban J connectivity index is 0.00000169. The molecule has 17 unspecified atom stereocenters. The van der Waals surface area contributed by atoms with Gasteiger partial charge in [-0.25, -0.2) is 13.6 Å². The molecule has 46 heavy (non-hydrogen) atoms. The minimum absolute atomic E-state index is 0. The molecule has 17 atom stereocenters. The van der Waals surface area contributed by atoms with Crippen LogP contribution in [0.2, 0.25) is 0 Å². The van der Waals surface area contributed by atoms with Crippen LogP contribution in [0.3, 0.4) is 0 Å². The average molecular weight is 739 g/mol. The summed E-state index contributed by atoms with van der Waals surface area (Å²) in [5.74, 6) is 3.83. The summed E-state index contributed by atoms with van der Waals surface area (Å²) >= 11 is 0. The van der Waals surface area contributed by atoms with Gasteiger partial charge in [-0.1, -0.05) is 44.9 Å². The molecule has 9 rings (SSSR count). The Labute approximate surface area is 298 Å². The van der Waals surface area contributed by atoms with Crippen LogP contribution >= 0.6 is 0 Å². The van der Waals surface area contributed by atoms with Gasteiger partial charge in [0.2, 0.25) is 10.0 Å². The maximum atomic E-state index is 13.0. The van der Waals surface area contributed by atoms with E-state index in [4.69, 9.17) is 5.14 Å². The van der Waals surface area contributed by atoms with Gasteiger partial charge in [-0.15, -0.1) is 0 Å². The maximum Gasteiger partial charge on any atom is 0.212 e. The second kappa shape index (κ2) is 14.0. The van der Waals surface area contributed by atoms with Crippen molar-refractivity contribution in [1.82, 2.24) is 42.5 Å². The molecule has 5 heterocycles. The van der Waals surface area contributed by atoms with Crippen LogP contribution in [0.15, 0.2) is 0 Å². The zero-order valence-electron chi connectivity index (χ0n) is 27.0. The van der Waals surface area contributed by atoms with Crippen LogP contribution in [0.5, 0.6) is 0 Å². The van der Waals surface area contributed by atoms with E-state index >= 15 is 0 Å². The van der Waals surface area contributed by atoms with E-state index in [9.17, 15) is 8.42 Å². The number of fused-ring (bicyclic) bond motifs is 20. The second-order valence-electron chi connectivity index (χ2n) is 16.3. The molecule has 9 fully saturated rings. The van der Waals surface area contributed by atoms with Gasteiger partial charge < -0.3 is 0 Å². The number of nitrogens with two attached hydrogens (primary N) is 1. The van der Waals surface area contributed by atoms with Gasteiger partial charge in [-0.3, -0.25) is 42.5 Å². The number of sulfonamides is 1. The Morgan fingerprint density at radius 2 is 0.652 bits per heavy atom. The van der Waals surface area contributed by atoms with E-state index in [1.165, 1.54) is 77.0 Å². The molecule has 4 saturated carbocycles. The first kappa shape index (κ1) is 35.1. The van der Waals surface area contributed by atoms with Crippen molar-refractivity contribution in [2.45, 2.75) is 151 Å². The third-order valence-electron chi connectivity index (χ3n) is 14.3. The fourth-order valence-electron chi connectivity index (χ4n) is 12.4. The van der Waals surface area contributed by atoms with Crippen LogP contribution in [-0.4, -0.2) is 63.0 Å². The predicted octanol–water partition coefficient (Wildman–Crippen LogP) is 0.868. The maximum absolute atomic E-state index is 13.0. The molecule has 5 aliphatic heterocycles. The van der Waals surface area contributed by atoms with Gasteiger partial charge in [0.15, 0.2) is 0 Å². The van der Waals surface area contributed by atoms with Crippen molar-refractivity contribution in [3.8, 4) is 0 Å². The van der Waals surface area contributed by atoms with E-state index in [1.807, 2.05) is 0 Å². The van der Waals surface area contributed by atoms with E-state index < -0.39 is 15.3 Å². The van der Waals surface area contributed by atoms with Gasteiger partial charge in [0, 0.05) is 41.5 Å². The normalized spacial score (nSPS) is 53.1. The Bertz CT molecular complexity index is 1190. The van der Waals surface area contributed by atoms with Gasteiger partial charge in [-0.2, -0.15) is 0 Å². The predicted molar refractivity (Wildman–Crippen MR) is 169 cm³/mol. The van der Waals surface area contributed by atoms with E-state index in [-0.39, 0.29) is 84.5 Å². The minimum Gasteiger partial charge on any atom is -0.286 e. The number of rotatable bonds is 1. The first-order valence-corrected chi connectivity index (χ1v) is 20.1. The van der Waals surface area contributed by atoms with Gasteiger partial charge in [0.25, 0.3) is 0 Å². The monoisotopic (exact) mass is 738 g/mol. The van der Waals surface area contributed by atoms with E-state index in [0.717, 1.165) is 12.8 Å². The van der Waals surface area contributed by atoms with Crippen LogP contribution in [0.4, 0.5) is 0 Å². The third kappa shape index (κ3) is 6.16. The minimum atomic E-state index is -3.66. The Kier molecular flexibility index (Phi) is 10.7. The molecule has 0 aromatic carbocycles. The summed E-state index contributed by atoms with van der Waals surface area (Å²) in [4.78, 5) is 0. The zero-order chi connectivity index (χ0) is 29.6. The van der Waals surface area contributed by atoms with Crippen molar-refractivity contribution in [1.29, 1.82) is 0 Å². The Morgan fingerprint density at radius 1 is 0.391 bits per heavy atom. The van der Waals surface area contributed by atoms with Crippen molar-refractivity contribution < 1.29 is 44.0 Å². The standard InChI is InChI=1S/C32H57N9O2S.Fe.V/c33-44(42,43)23-15-7-14-22-24(23)32-40-30-21-13-6-5-12-20(21)28(38-30)36-26-17-9-2-1-8-16(17)25(34-26)35-27-18-10-3-4-11-19(18)29(37-27)39-31(22)41-32;;/h16-32,34-41H,1-15H2,(H2,33,42,43);;. The molecule has 14 heteroatoms. The number of hydrogen-bond donors (Lipinski definition) is 9. The molecular weight excluding hydrogens is 681 g/mol. The SMILES string of the molecule is NS(=O)(=O)C1CCCC2C3NC4NC(NC5NC(NC6NC(NC(N3)C21)C1CCCCC61)C1CCCCC51)C1CCCCC41.[Fe].[V]. The van der Waals surface area contributed by atoms with Gasteiger partial charge in [0.05, 0.1) is 54.6 Å². The fraction of sp³-hybridized carbons (Fsp3) is 1.00. The summed E-state index contributed by atoms with van der Waals surface area (Å²) < 4.78 is 26.1. The van der Waals surface area contributed by atoms with Gasteiger partial charge >= 0.3 is 0 Å². The molecule has 261 valence electrons. The molecule has 0 aromatic rings. The van der Waals surface area contributed by atoms with Crippen molar-refractivity contribution in [3.63, 3.8) is 0 Å². The molecule has 1 radical (unpaired) electrons. The number of hydrogen-bond acceptors (Lipinski definition) is 10. The molecule has 8 bridgehead atoms. The largest absolute Gasteiger partial charge is 0.286 e. The van der Waals surface area contributed by atoms with Crippen LogP contribution < -0.4 is 47.7 Å². The molecule has 0 amide bonds. The first-order chi connectivity index (χ1) is 21.4. The summed E-state index contributed by atoms with van der Waals surface area (Å²) in [7, 11) is -3.66. The summed E-state index contributed by atoms with van der Waals surface area (Å²) in [5.41, 5.74) is 0. The Morgan fingerprint density at radius 3 is 0.957 bits per heavy atom. The molecule has 10 N–H and O–H groups in total. The van der Waals surface area contributed by atoms with E-state index in [2.05, 4.69) is 42.5 Å². The molecule has 0 spiro atoms. The van der Waals surface area contributed by atoms with E-state index in [0.29, 0.717) is 54.3 Å². The van der Waals surface area contributed by atoms with Gasteiger partial charge in [-0.05, 0) is 92.8 Å². The van der Waals surface area contributed by atoms with Crippen molar-refractivity contribution >= 4 is 10.0 Å². The van der Waals surface area contributed by atoms with Crippen molar-refractivity contribution in [2.24, 2.45) is 52.5 Å². The average Bonchev–Trinajstić information content (AvgIpc) is 3.76. The quantitative estimate of drug-likeness (QED) is 0.177.